The zero-order valence-electron chi connectivity index (χ0n) is 10.9. The number of hydrogen-bond donors (Lipinski definition) is 1. The van der Waals surface area contributed by atoms with E-state index in [9.17, 15) is 4.79 Å². The molecule has 1 amide bonds. The van der Waals surface area contributed by atoms with Gasteiger partial charge in [0.15, 0.2) is 0 Å². The van der Waals surface area contributed by atoms with Crippen molar-refractivity contribution in [1.82, 2.24) is 15.1 Å². The van der Waals surface area contributed by atoms with Gasteiger partial charge in [-0.25, -0.2) is 0 Å². The summed E-state index contributed by atoms with van der Waals surface area (Å²) in [6, 6.07) is 0. The van der Waals surface area contributed by atoms with Gasteiger partial charge in [0.25, 0.3) is 5.91 Å². The first-order valence-electron chi connectivity index (χ1n) is 6.48. The predicted molar refractivity (Wildman–Crippen MR) is 71.9 cm³/mol. The Labute approximate surface area is 113 Å². The molecule has 1 aliphatic carbocycles. The van der Waals surface area contributed by atoms with Gasteiger partial charge in [0.1, 0.15) is 0 Å². The lowest BCUT2D eigenvalue weighted by Crippen LogP contribution is -2.31. The Bertz CT molecular complexity index is 422. The van der Waals surface area contributed by atoms with Gasteiger partial charge in [-0.05, 0) is 38.5 Å². The van der Waals surface area contributed by atoms with E-state index in [-0.39, 0.29) is 5.91 Å². The number of alkyl halides is 1. The molecular formula is C13H20ClN3O. The minimum Gasteiger partial charge on any atom is -0.352 e. The standard InChI is InChI=1S/C13H20ClN3O/c1-9-12(8-17(2)16-9)13(18)15-7-10-3-5-11(14)6-4-10/h8,10-11H,3-7H2,1-2H3,(H,15,18). The lowest BCUT2D eigenvalue weighted by Gasteiger charge is -2.24. The van der Waals surface area contributed by atoms with Crippen molar-refractivity contribution in [3.05, 3.63) is 17.5 Å². The third kappa shape index (κ3) is 3.25. The van der Waals surface area contributed by atoms with E-state index in [1.807, 2.05) is 14.0 Å². The van der Waals surface area contributed by atoms with Gasteiger partial charge in [-0.3, -0.25) is 9.48 Å². The SMILES string of the molecule is Cc1nn(C)cc1C(=O)NCC1CCC(Cl)CC1. The van der Waals surface area contributed by atoms with E-state index < -0.39 is 0 Å². The zero-order chi connectivity index (χ0) is 13.1. The molecule has 0 unspecified atom stereocenters. The monoisotopic (exact) mass is 269 g/mol. The minimum atomic E-state index is -0.0198. The molecule has 5 heteroatoms. The number of nitrogens with one attached hydrogen (secondary N) is 1. The van der Waals surface area contributed by atoms with Crippen molar-refractivity contribution in [1.29, 1.82) is 0 Å². The number of carbonyl (C=O) groups is 1. The Morgan fingerprint density at radius 1 is 1.50 bits per heavy atom. The molecule has 0 aliphatic heterocycles. The second-order valence-corrected chi connectivity index (χ2v) is 5.75. The van der Waals surface area contributed by atoms with E-state index in [0.29, 0.717) is 16.9 Å². The van der Waals surface area contributed by atoms with E-state index in [1.54, 1.807) is 10.9 Å². The molecule has 18 heavy (non-hydrogen) atoms. The topological polar surface area (TPSA) is 46.9 Å². The summed E-state index contributed by atoms with van der Waals surface area (Å²) in [7, 11) is 1.82. The molecule has 0 spiro atoms. The zero-order valence-corrected chi connectivity index (χ0v) is 11.7. The molecule has 4 nitrogen and oxygen atoms in total. The number of hydrogen-bond acceptors (Lipinski definition) is 2. The average Bonchev–Trinajstić information content (AvgIpc) is 2.67. The normalized spacial score (nSPS) is 23.9. The van der Waals surface area contributed by atoms with Gasteiger partial charge in [-0.2, -0.15) is 5.10 Å². The Kier molecular flexibility index (Phi) is 4.27. The highest BCUT2D eigenvalue weighted by molar-refractivity contribution is 6.20. The van der Waals surface area contributed by atoms with Crippen LogP contribution in [0.4, 0.5) is 0 Å². The third-order valence-corrected chi connectivity index (χ3v) is 4.02. The maximum absolute atomic E-state index is 12.0. The minimum absolute atomic E-state index is 0.0198. The van der Waals surface area contributed by atoms with Gasteiger partial charge < -0.3 is 5.32 Å². The number of aromatic nitrogens is 2. The Balaban J connectivity index is 1.83. The fraction of sp³-hybridized carbons (Fsp3) is 0.692. The smallest absolute Gasteiger partial charge is 0.254 e. The van der Waals surface area contributed by atoms with Crippen molar-refractivity contribution in [2.24, 2.45) is 13.0 Å². The van der Waals surface area contributed by atoms with Crippen LogP contribution >= 0.6 is 11.6 Å². The van der Waals surface area contributed by atoms with Crippen LogP contribution in [-0.4, -0.2) is 27.6 Å². The van der Waals surface area contributed by atoms with Crippen LogP contribution in [0.1, 0.15) is 41.7 Å². The number of nitrogens with zero attached hydrogens (tertiary/aromatic N) is 2. The molecule has 1 heterocycles. The molecule has 0 aromatic carbocycles. The maximum Gasteiger partial charge on any atom is 0.254 e. The number of rotatable bonds is 3. The van der Waals surface area contributed by atoms with Crippen molar-refractivity contribution in [2.45, 2.75) is 38.0 Å². The molecule has 1 aromatic heterocycles. The van der Waals surface area contributed by atoms with E-state index in [0.717, 1.165) is 37.9 Å². The predicted octanol–water partition coefficient (Wildman–Crippen LogP) is 2.26. The van der Waals surface area contributed by atoms with Crippen LogP contribution in [0.15, 0.2) is 6.20 Å². The quantitative estimate of drug-likeness (QED) is 0.856. The van der Waals surface area contributed by atoms with E-state index in [4.69, 9.17) is 11.6 Å². The van der Waals surface area contributed by atoms with Crippen LogP contribution in [-0.2, 0) is 7.05 Å². The highest BCUT2D eigenvalue weighted by Crippen LogP contribution is 2.27. The van der Waals surface area contributed by atoms with E-state index in [2.05, 4.69) is 10.4 Å². The second-order valence-electron chi connectivity index (χ2n) is 5.13. The molecule has 0 radical (unpaired) electrons. The molecule has 1 aromatic rings. The fourth-order valence-corrected chi connectivity index (χ4v) is 2.73. The molecule has 1 N–H and O–H groups in total. The molecule has 2 rings (SSSR count). The summed E-state index contributed by atoms with van der Waals surface area (Å²) in [5.41, 5.74) is 1.45. The van der Waals surface area contributed by atoms with Crippen LogP contribution in [0, 0.1) is 12.8 Å². The number of carbonyl (C=O) groups excluding carboxylic acids is 1. The largest absolute Gasteiger partial charge is 0.352 e. The Morgan fingerprint density at radius 3 is 2.72 bits per heavy atom. The first kappa shape index (κ1) is 13.4. The van der Waals surface area contributed by atoms with Crippen LogP contribution in [0.3, 0.4) is 0 Å². The second kappa shape index (κ2) is 5.74. The molecule has 0 saturated heterocycles. The van der Waals surface area contributed by atoms with Gasteiger partial charge >= 0.3 is 0 Å². The van der Waals surface area contributed by atoms with Crippen LogP contribution in [0.2, 0.25) is 0 Å². The van der Waals surface area contributed by atoms with Gasteiger partial charge in [-0.15, -0.1) is 11.6 Å². The van der Waals surface area contributed by atoms with Crippen molar-refractivity contribution in [3.8, 4) is 0 Å². The summed E-state index contributed by atoms with van der Waals surface area (Å²) in [4.78, 5) is 12.0. The van der Waals surface area contributed by atoms with Gasteiger partial charge in [0.2, 0.25) is 0 Å². The van der Waals surface area contributed by atoms with E-state index in [1.165, 1.54) is 0 Å². The molecule has 0 atom stereocenters. The highest BCUT2D eigenvalue weighted by Gasteiger charge is 2.20. The van der Waals surface area contributed by atoms with Crippen molar-refractivity contribution in [2.75, 3.05) is 6.54 Å². The highest BCUT2D eigenvalue weighted by atomic mass is 35.5. The van der Waals surface area contributed by atoms with Crippen LogP contribution < -0.4 is 5.32 Å². The summed E-state index contributed by atoms with van der Waals surface area (Å²) in [5.74, 6) is 0.550. The number of aryl methyl sites for hydroxylation is 2. The molecule has 1 saturated carbocycles. The van der Waals surface area contributed by atoms with Gasteiger partial charge in [0, 0.05) is 25.2 Å². The molecule has 0 bridgehead atoms. The van der Waals surface area contributed by atoms with Crippen LogP contribution in [0.25, 0.3) is 0 Å². The Morgan fingerprint density at radius 2 is 2.17 bits per heavy atom. The fourth-order valence-electron chi connectivity index (χ4n) is 2.48. The summed E-state index contributed by atoms with van der Waals surface area (Å²) >= 11 is 6.07. The summed E-state index contributed by atoms with van der Waals surface area (Å²) in [6.45, 7) is 2.60. The summed E-state index contributed by atoms with van der Waals surface area (Å²) in [6.07, 6.45) is 6.11. The Hall–Kier alpha value is -1.03. The number of amides is 1. The molecule has 1 fully saturated rings. The third-order valence-electron chi connectivity index (χ3n) is 3.59. The average molecular weight is 270 g/mol. The van der Waals surface area contributed by atoms with Gasteiger partial charge in [-0.1, -0.05) is 0 Å². The first-order valence-corrected chi connectivity index (χ1v) is 6.92. The first-order chi connectivity index (χ1) is 8.56. The van der Waals surface area contributed by atoms with Crippen LogP contribution in [0.5, 0.6) is 0 Å². The lowest BCUT2D eigenvalue weighted by atomic mass is 9.89. The van der Waals surface area contributed by atoms with Crippen molar-refractivity contribution in [3.63, 3.8) is 0 Å². The lowest BCUT2D eigenvalue weighted by molar-refractivity contribution is 0.0943. The molecule has 100 valence electrons. The summed E-state index contributed by atoms with van der Waals surface area (Å²) in [5, 5.41) is 7.51. The van der Waals surface area contributed by atoms with E-state index >= 15 is 0 Å². The molecule has 1 aliphatic rings. The molecular weight excluding hydrogens is 250 g/mol. The van der Waals surface area contributed by atoms with Gasteiger partial charge in [0.05, 0.1) is 11.3 Å². The summed E-state index contributed by atoms with van der Waals surface area (Å²) < 4.78 is 1.67. The van der Waals surface area contributed by atoms with Crippen molar-refractivity contribution < 1.29 is 4.79 Å². The number of halogens is 1. The van der Waals surface area contributed by atoms with Crippen molar-refractivity contribution >= 4 is 17.5 Å². The maximum atomic E-state index is 12.0.